The summed E-state index contributed by atoms with van der Waals surface area (Å²) in [4.78, 5) is 0. The molecule has 0 amide bonds. The van der Waals surface area contributed by atoms with Gasteiger partial charge in [-0.05, 0) is 0 Å². The average molecular weight is 508 g/mol. The van der Waals surface area contributed by atoms with Crippen molar-refractivity contribution < 1.29 is 51.0 Å². The van der Waals surface area contributed by atoms with Crippen LogP contribution in [0.4, 0.5) is 0 Å². The molecule has 0 aliphatic rings. The topological polar surface area (TPSA) is 0 Å². The predicted molar refractivity (Wildman–Crippen MR) is 117 cm³/mol. The Morgan fingerprint density at radius 3 is 2.04 bits per heavy atom. The minimum absolute atomic E-state index is 0. The van der Waals surface area contributed by atoms with Gasteiger partial charge in [0.25, 0.3) is 0 Å². The minimum atomic E-state index is 0. The van der Waals surface area contributed by atoms with Gasteiger partial charge in [-0.15, -0.1) is 70.8 Å². The van der Waals surface area contributed by atoms with Crippen LogP contribution < -0.4 is 24.8 Å². The zero-order chi connectivity index (χ0) is 18.1. The van der Waals surface area contributed by atoms with E-state index in [4.69, 9.17) is 0 Å². The van der Waals surface area contributed by atoms with Gasteiger partial charge < -0.3 is 24.8 Å². The van der Waals surface area contributed by atoms with E-state index in [0.717, 1.165) is 9.52 Å². The van der Waals surface area contributed by atoms with Crippen molar-refractivity contribution in [1.82, 2.24) is 0 Å². The molecule has 28 heavy (non-hydrogen) atoms. The van der Waals surface area contributed by atoms with Crippen LogP contribution >= 0.6 is 0 Å². The van der Waals surface area contributed by atoms with Crippen molar-refractivity contribution in [2.24, 2.45) is 0 Å². The number of fused-ring (bicyclic) bond motifs is 2. The van der Waals surface area contributed by atoms with E-state index in [0.29, 0.717) is 5.92 Å². The van der Waals surface area contributed by atoms with Gasteiger partial charge in [0.2, 0.25) is 0 Å². The molecule has 1 radical (unpaired) electrons. The molecule has 0 spiro atoms. The fraction of sp³-hybridized carbons (Fsp3) is 0.250. The van der Waals surface area contributed by atoms with Gasteiger partial charge in [-0.25, -0.2) is 0 Å². The molecule has 0 heterocycles. The molecular weight excluding hydrogens is 478 g/mol. The second-order valence-electron chi connectivity index (χ2n) is 6.42. The van der Waals surface area contributed by atoms with Crippen LogP contribution in [0.25, 0.3) is 21.5 Å². The van der Waals surface area contributed by atoms with Gasteiger partial charge >= 0.3 is 26.2 Å². The fourth-order valence-electron chi connectivity index (χ4n) is 2.89. The van der Waals surface area contributed by atoms with E-state index >= 15 is 0 Å². The van der Waals surface area contributed by atoms with Crippen molar-refractivity contribution in [2.45, 2.75) is 39.3 Å². The molecule has 0 saturated carbocycles. The summed E-state index contributed by atoms with van der Waals surface area (Å²) in [6.45, 7) is 8.95. The summed E-state index contributed by atoms with van der Waals surface area (Å²) in [7, 11) is 0.750. The van der Waals surface area contributed by atoms with Gasteiger partial charge in [-0.2, -0.15) is 23.1 Å². The molecule has 0 aromatic heterocycles. The number of benzene rings is 2. The Morgan fingerprint density at radius 1 is 0.857 bits per heavy atom. The van der Waals surface area contributed by atoms with E-state index in [1.807, 2.05) is 0 Å². The van der Waals surface area contributed by atoms with Crippen LogP contribution in [0.1, 0.15) is 31.7 Å². The standard InChI is InChI=1S/C13H15.C9H7.C2H7Si.2ClH.Zr/c1-3-10(2)12-9-8-11-6-4-5-7-13(11)12;1-2-5-9-7-3-6-8(9)4-1;1-3-2;;;/h4-10H,3H2,1-2H3;1-7H;3H,1-2H3;2*1H;/q2*-1;;;;+4/p-2. The Morgan fingerprint density at radius 2 is 1.43 bits per heavy atom. The maximum absolute atomic E-state index is 2.29. The number of hydrogen-bond acceptors (Lipinski definition) is 0. The molecule has 0 nitrogen and oxygen atoms in total. The van der Waals surface area contributed by atoms with Gasteiger partial charge in [-0.3, -0.25) is 0 Å². The molecule has 1 unspecified atom stereocenters. The summed E-state index contributed by atoms with van der Waals surface area (Å²) in [6, 6.07) is 27.8. The zero-order valence-corrected chi connectivity index (χ0v) is 22.2. The fourth-order valence-corrected chi connectivity index (χ4v) is 2.89. The third kappa shape index (κ3) is 8.37. The average Bonchev–Trinajstić information content (AvgIpc) is 3.29. The predicted octanol–water partition coefficient (Wildman–Crippen LogP) is 1.16. The molecule has 0 bridgehead atoms. The quantitative estimate of drug-likeness (QED) is 0.282. The Bertz CT molecular complexity index is 852. The molecule has 4 aromatic rings. The normalized spacial score (nSPS) is 10.1. The number of hydrogen-bond donors (Lipinski definition) is 0. The maximum atomic E-state index is 2.29. The number of rotatable bonds is 2. The second kappa shape index (κ2) is 16.2. The third-order valence-electron chi connectivity index (χ3n) is 4.41. The smallest absolute Gasteiger partial charge is 1.00 e. The molecule has 4 rings (SSSR count). The van der Waals surface area contributed by atoms with E-state index in [9.17, 15) is 0 Å². The molecule has 0 aliphatic carbocycles. The van der Waals surface area contributed by atoms with Crippen LogP contribution in [-0.4, -0.2) is 9.52 Å². The van der Waals surface area contributed by atoms with Crippen molar-refractivity contribution in [3.05, 3.63) is 84.4 Å². The van der Waals surface area contributed by atoms with Crippen molar-refractivity contribution in [1.29, 1.82) is 0 Å². The SMILES string of the molecule is CCC(C)c1c[cH-]c2ccccc12.C[SiH]C.[Cl-].[Cl-].[Zr+4].c1ccc2[cH-]ccc2c1. The summed E-state index contributed by atoms with van der Waals surface area (Å²) in [5.74, 6) is 0.680. The molecular formula is C24H29Cl2SiZr. The Kier molecular flexibility index (Phi) is 17.1. The van der Waals surface area contributed by atoms with Crippen LogP contribution in [-0.2, 0) is 26.2 Å². The van der Waals surface area contributed by atoms with Crippen LogP contribution in [0.15, 0.2) is 78.9 Å². The van der Waals surface area contributed by atoms with Crippen molar-refractivity contribution >= 4 is 31.1 Å². The summed E-state index contributed by atoms with van der Waals surface area (Å²) in [6.07, 6.45) is 1.22. The van der Waals surface area contributed by atoms with Gasteiger partial charge in [-0.1, -0.05) is 51.4 Å². The Balaban J connectivity index is 0. The van der Waals surface area contributed by atoms with E-state index in [1.54, 1.807) is 0 Å². The monoisotopic (exact) mass is 505 g/mol. The van der Waals surface area contributed by atoms with Gasteiger partial charge in [0.15, 0.2) is 0 Å². The molecule has 0 fully saturated rings. The van der Waals surface area contributed by atoms with Crippen molar-refractivity contribution in [2.75, 3.05) is 0 Å². The first kappa shape index (κ1) is 29.5. The summed E-state index contributed by atoms with van der Waals surface area (Å²) in [5, 5.41) is 5.46. The van der Waals surface area contributed by atoms with E-state index in [2.05, 4.69) is 106 Å². The third-order valence-corrected chi connectivity index (χ3v) is 4.41. The Hall–Kier alpha value is -0.660. The molecule has 0 aliphatic heterocycles. The van der Waals surface area contributed by atoms with Crippen molar-refractivity contribution in [3.8, 4) is 0 Å². The van der Waals surface area contributed by atoms with Crippen molar-refractivity contribution in [3.63, 3.8) is 0 Å². The molecule has 4 heteroatoms. The van der Waals surface area contributed by atoms with Gasteiger partial charge in [0.05, 0.1) is 0 Å². The maximum Gasteiger partial charge on any atom is 4.00 e. The largest absolute Gasteiger partial charge is 4.00 e. The minimum Gasteiger partial charge on any atom is -1.00 e. The van der Waals surface area contributed by atoms with Gasteiger partial charge in [0.1, 0.15) is 0 Å². The second-order valence-corrected chi connectivity index (χ2v) is 7.57. The van der Waals surface area contributed by atoms with E-state index in [-0.39, 0.29) is 51.0 Å². The zero-order valence-electron chi connectivity index (χ0n) is 17.1. The first-order chi connectivity index (χ1) is 12.2. The summed E-state index contributed by atoms with van der Waals surface area (Å²) >= 11 is 0. The molecule has 1 atom stereocenters. The van der Waals surface area contributed by atoms with Crippen LogP contribution in [0.5, 0.6) is 0 Å². The molecule has 0 N–H and O–H groups in total. The Labute approximate surface area is 204 Å². The van der Waals surface area contributed by atoms with Crippen LogP contribution in [0.2, 0.25) is 13.1 Å². The van der Waals surface area contributed by atoms with E-state index in [1.165, 1.54) is 33.5 Å². The first-order valence-electron chi connectivity index (χ1n) is 9.20. The molecule has 147 valence electrons. The summed E-state index contributed by atoms with van der Waals surface area (Å²) < 4.78 is 0. The van der Waals surface area contributed by atoms with E-state index < -0.39 is 0 Å². The van der Waals surface area contributed by atoms with Crippen LogP contribution in [0.3, 0.4) is 0 Å². The first-order valence-corrected chi connectivity index (χ1v) is 11.5. The molecule has 0 saturated heterocycles. The van der Waals surface area contributed by atoms with Crippen LogP contribution in [0, 0.1) is 0 Å². The number of halogens is 2. The molecule has 4 aromatic carbocycles. The summed E-state index contributed by atoms with van der Waals surface area (Å²) in [5.41, 5.74) is 1.50. The van der Waals surface area contributed by atoms with Gasteiger partial charge in [0, 0.05) is 9.52 Å².